The zero-order chi connectivity index (χ0) is 20.5. The summed E-state index contributed by atoms with van der Waals surface area (Å²) < 4.78 is 4.97. The Morgan fingerprint density at radius 2 is 1.50 bits per heavy atom. The summed E-state index contributed by atoms with van der Waals surface area (Å²) in [5, 5.41) is 5.55. The molecule has 0 aliphatic carbocycles. The third-order valence-corrected chi connectivity index (χ3v) is 4.24. The highest BCUT2D eigenvalue weighted by Crippen LogP contribution is 2.17. The Balaban J connectivity index is 1.67. The number of ether oxygens (including phenoxy) is 1. The molecule has 6 nitrogen and oxygen atoms in total. The summed E-state index contributed by atoms with van der Waals surface area (Å²) >= 11 is 0. The fraction of sp³-hybridized carbons (Fsp3) is 0.318. The Morgan fingerprint density at radius 1 is 0.821 bits per heavy atom. The molecule has 0 aliphatic rings. The molecule has 6 heteroatoms. The van der Waals surface area contributed by atoms with Gasteiger partial charge >= 0.3 is 5.97 Å². The van der Waals surface area contributed by atoms with Crippen molar-refractivity contribution in [2.45, 2.75) is 40.0 Å². The van der Waals surface area contributed by atoms with Crippen LogP contribution in [0.2, 0.25) is 0 Å². The molecule has 148 valence electrons. The molecule has 0 saturated carbocycles. The first-order valence-electron chi connectivity index (χ1n) is 9.23. The van der Waals surface area contributed by atoms with E-state index in [-0.39, 0.29) is 25.4 Å². The average Bonchev–Trinajstić information content (AvgIpc) is 2.65. The van der Waals surface area contributed by atoms with Crippen molar-refractivity contribution in [1.82, 2.24) is 0 Å². The summed E-state index contributed by atoms with van der Waals surface area (Å²) in [6, 6.07) is 13.2. The molecule has 2 aromatic carbocycles. The van der Waals surface area contributed by atoms with Crippen LogP contribution in [0.1, 0.15) is 36.0 Å². The fourth-order valence-electron chi connectivity index (χ4n) is 2.59. The van der Waals surface area contributed by atoms with Gasteiger partial charge < -0.3 is 15.4 Å². The van der Waals surface area contributed by atoms with Gasteiger partial charge in [0.15, 0.2) is 6.61 Å². The van der Waals surface area contributed by atoms with Crippen molar-refractivity contribution in [2.75, 3.05) is 17.2 Å². The van der Waals surface area contributed by atoms with Gasteiger partial charge in [0.05, 0.1) is 0 Å². The van der Waals surface area contributed by atoms with Crippen molar-refractivity contribution in [2.24, 2.45) is 0 Å². The Labute approximate surface area is 165 Å². The first kappa shape index (κ1) is 21.2. The summed E-state index contributed by atoms with van der Waals surface area (Å²) in [6.45, 7) is 5.42. The van der Waals surface area contributed by atoms with E-state index in [1.54, 1.807) is 6.07 Å². The summed E-state index contributed by atoms with van der Waals surface area (Å²) in [7, 11) is 0. The highest BCUT2D eigenvalue weighted by molar-refractivity contribution is 5.93. The summed E-state index contributed by atoms with van der Waals surface area (Å²) in [5.41, 5.74) is 4.44. The van der Waals surface area contributed by atoms with Crippen molar-refractivity contribution < 1.29 is 19.1 Å². The second-order valence-electron chi connectivity index (χ2n) is 6.74. The summed E-state index contributed by atoms with van der Waals surface area (Å²) in [5.74, 6) is -1.05. The number of nitrogens with one attached hydrogen (secondary N) is 2. The smallest absolute Gasteiger partial charge is 0.306 e. The minimum atomic E-state index is -0.500. The number of esters is 1. The van der Waals surface area contributed by atoms with Crippen LogP contribution in [0.15, 0.2) is 42.5 Å². The van der Waals surface area contributed by atoms with Gasteiger partial charge in [-0.25, -0.2) is 0 Å². The van der Waals surface area contributed by atoms with Crippen LogP contribution in [0.3, 0.4) is 0 Å². The number of hydrogen-bond acceptors (Lipinski definition) is 4. The van der Waals surface area contributed by atoms with Crippen LogP contribution >= 0.6 is 0 Å². The molecule has 0 aliphatic heterocycles. The minimum absolute atomic E-state index is 0.0812. The summed E-state index contributed by atoms with van der Waals surface area (Å²) in [4.78, 5) is 35.7. The lowest BCUT2D eigenvalue weighted by Crippen LogP contribution is -2.21. The minimum Gasteiger partial charge on any atom is -0.456 e. The van der Waals surface area contributed by atoms with Crippen molar-refractivity contribution in [3.8, 4) is 0 Å². The zero-order valence-electron chi connectivity index (χ0n) is 16.5. The van der Waals surface area contributed by atoms with E-state index in [4.69, 9.17) is 4.74 Å². The van der Waals surface area contributed by atoms with Gasteiger partial charge in [-0.15, -0.1) is 0 Å². The highest BCUT2D eigenvalue weighted by atomic mass is 16.5. The number of para-hydroxylation sites is 1. The van der Waals surface area contributed by atoms with E-state index in [0.29, 0.717) is 12.1 Å². The highest BCUT2D eigenvalue weighted by Gasteiger charge is 2.11. The quantitative estimate of drug-likeness (QED) is 0.678. The van der Waals surface area contributed by atoms with Crippen molar-refractivity contribution >= 4 is 29.2 Å². The van der Waals surface area contributed by atoms with Gasteiger partial charge in [-0.3, -0.25) is 14.4 Å². The van der Waals surface area contributed by atoms with E-state index >= 15 is 0 Å². The fourth-order valence-corrected chi connectivity index (χ4v) is 2.59. The SMILES string of the molecule is Cc1ccc(C)c(NC(=O)CCCC(=O)OCC(=O)Nc2ccccc2C)c1. The molecule has 0 heterocycles. The predicted molar refractivity (Wildman–Crippen MR) is 109 cm³/mol. The molecular weight excluding hydrogens is 356 g/mol. The molecule has 2 aromatic rings. The lowest BCUT2D eigenvalue weighted by Gasteiger charge is -2.10. The Kier molecular flexibility index (Phi) is 7.75. The lowest BCUT2D eigenvalue weighted by atomic mass is 10.1. The molecule has 0 spiro atoms. The Hall–Kier alpha value is -3.15. The van der Waals surface area contributed by atoms with E-state index < -0.39 is 11.9 Å². The normalized spacial score (nSPS) is 10.2. The van der Waals surface area contributed by atoms with Gasteiger partial charge in [-0.05, 0) is 56.0 Å². The van der Waals surface area contributed by atoms with Gasteiger partial charge in [0, 0.05) is 24.2 Å². The molecule has 0 fully saturated rings. The molecular formula is C22H26N2O4. The number of rotatable bonds is 8. The van der Waals surface area contributed by atoms with Crippen LogP contribution in [0, 0.1) is 20.8 Å². The van der Waals surface area contributed by atoms with Crippen molar-refractivity contribution in [3.05, 3.63) is 59.2 Å². The zero-order valence-corrected chi connectivity index (χ0v) is 16.5. The van der Waals surface area contributed by atoms with Crippen LogP contribution in [-0.2, 0) is 19.1 Å². The second-order valence-corrected chi connectivity index (χ2v) is 6.74. The van der Waals surface area contributed by atoms with E-state index in [2.05, 4.69) is 10.6 Å². The van der Waals surface area contributed by atoms with Gasteiger partial charge in [-0.2, -0.15) is 0 Å². The lowest BCUT2D eigenvalue weighted by molar-refractivity contribution is -0.147. The largest absolute Gasteiger partial charge is 0.456 e. The maximum Gasteiger partial charge on any atom is 0.306 e. The maximum absolute atomic E-state index is 12.0. The Bertz CT molecular complexity index is 861. The van der Waals surface area contributed by atoms with Crippen LogP contribution in [0.5, 0.6) is 0 Å². The van der Waals surface area contributed by atoms with Crippen LogP contribution in [0.4, 0.5) is 11.4 Å². The number of anilines is 2. The van der Waals surface area contributed by atoms with Gasteiger partial charge in [0.2, 0.25) is 5.91 Å². The number of hydrogen-bond donors (Lipinski definition) is 2. The van der Waals surface area contributed by atoms with E-state index in [1.165, 1.54) is 0 Å². The number of aryl methyl sites for hydroxylation is 3. The molecule has 0 saturated heterocycles. The summed E-state index contributed by atoms with van der Waals surface area (Å²) in [6.07, 6.45) is 0.644. The second kappa shape index (κ2) is 10.3. The van der Waals surface area contributed by atoms with Crippen molar-refractivity contribution in [1.29, 1.82) is 0 Å². The van der Waals surface area contributed by atoms with Crippen LogP contribution in [0.25, 0.3) is 0 Å². The number of benzene rings is 2. The van der Waals surface area contributed by atoms with Crippen LogP contribution in [-0.4, -0.2) is 24.4 Å². The average molecular weight is 382 g/mol. The van der Waals surface area contributed by atoms with Gasteiger partial charge in [0.25, 0.3) is 5.91 Å². The Morgan fingerprint density at radius 3 is 2.25 bits per heavy atom. The standard InChI is InChI=1S/C22H26N2O4/c1-15-11-12-17(3)19(13-15)24-20(25)9-6-10-22(27)28-14-21(26)23-18-8-5-4-7-16(18)2/h4-5,7-8,11-13H,6,9-10,14H2,1-3H3,(H,23,26)(H,24,25). The van der Waals surface area contributed by atoms with E-state index in [1.807, 2.05) is 57.2 Å². The third kappa shape index (κ3) is 6.87. The maximum atomic E-state index is 12.0. The number of carbonyl (C=O) groups excluding carboxylic acids is 3. The predicted octanol–water partition coefficient (Wildman–Crippen LogP) is 3.90. The first-order valence-corrected chi connectivity index (χ1v) is 9.23. The van der Waals surface area contributed by atoms with Crippen LogP contribution < -0.4 is 10.6 Å². The molecule has 0 aromatic heterocycles. The van der Waals surface area contributed by atoms with Crippen molar-refractivity contribution in [3.63, 3.8) is 0 Å². The molecule has 0 atom stereocenters. The molecule has 28 heavy (non-hydrogen) atoms. The van der Waals surface area contributed by atoms with E-state index in [0.717, 1.165) is 22.4 Å². The van der Waals surface area contributed by atoms with Gasteiger partial charge in [-0.1, -0.05) is 30.3 Å². The number of amides is 2. The number of carbonyl (C=O) groups is 3. The third-order valence-electron chi connectivity index (χ3n) is 4.24. The molecule has 2 rings (SSSR count). The molecule has 0 radical (unpaired) electrons. The molecule has 0 bridgehead atoms. The monoisotopic (exact) mass is 382 g/mol. The topological polar surface area (TPSA) is 84.5 Å². The first-order chi connectivity index (χ1) is 13.3. The molecule has 2 N–H and O–H groups in total. The molecule has 0 unspecified atom stereocenters. The van der Waals surface area contributed by atoms with Gasteiger partial charge in [0.1, 0.15) is 0 Å². The molecule has 2 amide bonds. The van der Waals surface area contributed by atoms with E-state index in [9.17, 15) is 14.4 Å².